The molecule has 0 aliphatic carbocycles. The molecule has 0 radical (unpaired) electrons. The van der Waals surface area contributed by atoms with Crippen molar-refractivity contribution in [3.05, 3.63) is 57.5 Å². The molecule has 0 fully saturated rings. The van der Waals surface area contributed by atoms with E-state index in [1.54, 1.807) is 6.07 Å². The van der Waals surface area contributed by atoms with Gasteiger partial charge in [0.25, 0.3) is 0 Å². The van der Waals surface area contributed by atoms with Crippen LogP contribution in [-0.4, -0.2) is 9.97 Å². The average molecular weight is 321 g/mol. The number of nitrogens with zero attached hydrogens (tertiary/aromatic N) is 2. The summed E-state index contributed by atoms with van der Waals surface area (Å²) in [4.78, 5) is 8.74. The molecule has 3 rings (SSSR count). The highest BCUT2D eigenvalue weighted by atomic mass is 35.5. The van der Waals surface area contributed by atoms with E-state index < -0.39 is 0 Å². The zero-order valence-electron chi connectivity index (χ0n) is 11.4. The van der Waals surface area contributed by atoms with Crippen LogP contribution in [0.2, 0.25) is 10.2 Å². The van der Waals surface area contributed by atoms with Crippen LogP contribution in [-0.2, 0) is 0 Å². The molecule has 0 aliphatic heterocycles. The molecule has 0 saturated heterocycles. The third kappa shape index (κ3) is 2.59. The van der Waals surface area contributed by atoms with Crippen molar-refractivity contribution in [2.24, 2.45) is 0 Å². The van der Waals surface area contributed by atoms with Gasteiger partial charge in [-0.05, 0) is 49.2 Å². The first-order valence-electron chi connectivity index (χ1n) is 6.35. The molecule has 0 saturated carbocycles. The summed E-state index contributed by atoms with van der Waals surface area (Å²) in [5.41, 5.74) is 2.89. The van der Waals surface area contributed by atoms with Crippen LogP contribution in [0.15, 0.2) is 30.3 Å². The maximum Gasteiger partial charge on any atom is 0.161 e. The maximum atomic E-state index is 13.6. The topological polar surface area (TPSA) is 25.8 Å². The van der Waals surface area contributed by atoms with Gasteiger partial charge in [-0.2, -0.15) is 0 Å². The van der Waals surface area contributed by atoms with Crippen LogP contribution in [0.4, 0.5) is 4.39 Å². The van der Waals surface area contributed by atoms with Crippen molar-refractivity contribution in [3.63, 3.8) is 0 Å². The minimum atomic E-state index is -0.333. The Labute approximate surface area is 131 Å². The van der Waals surface area contributed by atoms with E-state index in [4.69, 9.17) is 23.2 Å². The van der Waals surface area contributed by atoms with Crippen molar-refractivity contribution >= 4 is 34.1 Å². The lowest BCUT2D eigenvalue weighted by molar-refractivity contribution is 0.627. The van der Waals surface area contributed by atoms with E-state index in [0.29, 0.717) is 27.1 Å². The molecule has 0 amide bonds. The molecule has 21 heavy (non-hydrogen) atoms. The summed E-state index contributed by atoms with van der Waals surface area (Å²) < 4.78 is 13.6. The van der Waals surface area contributed by atoms with Crippen LogP contribution in [0.25, 0.3) is 22.3 Å². The Hall–Kier alpha value is -1.71. The van der Waals surface area contributed by atoms with E-state index in [-0.39, 0.29) is 5.82 Å². The zero-order valence-corrected chi connectivity index (χ0v) is 12.9. The summed E-state index contributed by atoms with van der Waals surface area (Å²) in [5.74, 6) is 0.0303. The highest BCUT2D eigenvalue weighted by Crippen LogP contribution is 2.32. The van der Waals surface area contributed by atoms with Crippen molar-refractivity contribution in [2.45, 2.75) is 13.8 Å². The molecule has 0 unspecified atom stereocenters. The normalized spacial score (nSPS) is 11.1. The van der Waals surface area contributed by atoms with E-state index in [0.717, 1.165) is 16.5 Å². The monoisotopic (exact) mass is 320 g/mol. The fourth-order valence-electron chi connectivity index (χ4n) is 2.31. The fraction of sp³-hybridized carbons (Fsp3) is 0.125. The lowest BCUT2D eigenvalue weighted by Gasteiger charge is -2.09. The van der Waals surface area contributed by atoms with Gasteiger partial charge in [-0.15, -0.1) is 0 Å². The molecule has 5 heteroatoms. The Bertz CT molecular complexity index is 842. The number of halogens is 3. The Morgan fingerprint density at radius 2 is 1.76 bits per heavy atom. The predicted molar refractivity (Wildman–Crippen MR) is 84.4 cm³/mol. The highest BCUT2D eigenvalue weighted by Gasteiger charge is 2.13. The summed E-state index contributed by atoms with van der Waals surface area (Å²) in [7, 11) is 0. The first kappa shape index (κ1) is 14.2. The molecular formula is C16H11Cl2FN2. The smallest absolute Gasteiger partial charge is 0.161 e. The third-order valence-corrected chi connectivity index (χ3v) is 3.84. The minimum Gasteiger partial charge on any atom is -0.226 e. The van der Waals surface area contributed by atoms with Crippen LogP contribution < -0.4 is 0 Å². The zero-order chi connectivity index (χ0) is 15.1. The first-order valence-corrected chi connectivity index (χ1v) is 7.11. The van der Waals surface area contributed by atoms with Gasteiger partial charge in [0.2, 0.25) is 0 Å². The quantitative estimate of drug-likeness (QED) is 0.564. The summed E-state index contributed by atoms with van der Waals surface area (Å²) in [6, 6.07) is 8.27. The lowest BCUT2D eigenvalue weighted by atomic mass is 10.1. The minimum absolute atomic E-state index is 0.317. The largest absolute Gasteiger partial charge is 0.226 e. The van der Waals surface area contributed by atoms with E-state index in [1.807, 2.05) is 26.0 Å². The molecule has 2 nitrogen and oxygen atoms in total. The second-order valence-corrected chi connectivity index (χ2v) is 5.71. The maximum absolute atomic E-state index is 13.6. The van der Waals surface area contributed by atoms with E-state index >= 15 is 0 Å². The number of hydrogen-bond donors (Lipinski definition) is 0. The van der Waals surface area contributed by atoms with E-state index in [1.165, 1.54) is 12.1 Å². The molecule has 0 spiro atoms. The Kier molecular flexibility index (Phi) is 3.56. The number of aryl methyl sites for hydroxylation is 2. The molecule has 2 aromatic carbocycles. The fourth-order valence-corrected chi connectivity index (χ4v) is 2.83. The van der Waals surface area contributed by atoms with Gasteiger partial charge in [-0.25, -0.2) is 14.4 Å². The number of benzene rings is 2. The van der Waals surface area contributed by atoms with Gasteiger partial charge in [0.05, 0.1) is 10.5 Å². The predicted octanol–water partition coefficient (Wildman–Crippen LogP) is 5.36. The standard InChI is InChI=1S/C16H11Cl2FN2/c1-8-5-10(7-11(19)6-8)16-20-14-12(17)4-3-9(2)13(14)15(18)21-16/h3-7H,1-2H3. The van der Waals surface area contributed by atoms with Gasteiger partial charge in [-0.3, -0.25) is 0 Å². The second-order valence-electron chi connectivity index (χ2n) is 4.94. The van der Waals surface area contributed by atoms with E-state index in [2.05, 4.69) is 9.97 Å². The summed E-state index contributed by atoms with van der Waals surface area (Å²) in [6.45, 7) is 3.73. The Morgan fingerprint density at radius 1 is 1.00 bits per heavy atom. The van der Waals surface area contributed by atoms with Crippen molar-refractivity contribution in [1.29, 1.82) is 0 Å². The molecule has 0 N–H and O–H groups in total. The summed E-state index contributed by atoms with van der Waals surface area (Å²) in [6.07, 6.45) is 0. The third-order valence-electron chi connectivity index (χ3n) is 3.27. The Morgan fingerprint density at radius 3 is 2.48 bits per heavy atom. The molecule has 1 heterocycles. The number of hydrogen-bond acceptors (Lipinski definition) is 2. The first-order chi connectivity index (χ1) is 9.95. The molecule has 106 valence electrons. The summed E-state index contributed by atoms with van der Waals surface area (Å²) >= 11 is 12.5. The average Bonchev–Trinajstić information content (AvgIpc) is 2.41. The van der Waals surface area contributed by atoms with Crippen molar-refractivity contribution in [2.75, 3.05) is 0 Å². The van der Waals surface area contributed by atoms with Crippen LogP contribution >= 0.6 is 23.2 Å². The lowest BCUT2D eigenvalue weighted by Crippen LogP contribution is -1.95. The number of aromatic nitrogens is 2. The van der Waals surface area contributed by atoms with Crippen molar-refractivity contribution in [3.8, 4) is 11.4 Å². The van der Waals surface area contributed by atoms with Crippen LogP contribution in [0.1, 0.15) is 11.1 Å². The molecule has 0 aliphatic rings. The molecular weight excluding hydrogens is 310 g/mol. The van der Waals surface area contributed by atoms with Crippen LogP contribution in [0, 0.1) is 19.7 Å². The van der Waals surface area contributed by atoms with Crippen LogP contribution in [0.5, 0.6) is 0 Å². The van der Waals surface area contributed by atoms with Gasteiger partial charge in [-0.1, -0.05) is 29.3 Å². The van der Waals surface area contributed by atoms with Crippen molar-refractivity contribution < 1.29 is 4.39 Å². The van der Waals surface area contributed by atoms with E-state index in [9.17, 15) is 4.39 Å². The Balaban J connectivity index is 2.32. The molecule has 1 aromatic heterocycles. The second kappa shape index (κ2) is 5.24. The van der Waals surface area contributed by atoms with Gasteiger partial charge >= 0.3 is 0 Å². The SMILES string of the molecule is Cc1cc(F)cc(-c2nc(Cl)c3c(C)ccc(Cl)c3n2)c1. The van der Waals surface area contributed by atoms with Gasteiger partial charge in [0, 0.05) is 10.9 Å². The van der Waals surface area contributed by atoms with Crippen molar-refractivity contribution in [1.82, 2.24) is 9.97 Å². The number of fused-ring (bicyclic) bond motifs is 1. The molecule has 3 aromatic rings. The van der Waals surface area contributed by atoms with Gasteiger partial charge in [0.1, 0.15) is 11.0 Å². The summed E-state index contributed by atoms with van der Waals surface area (Å²) in [5, 5.41) is 1.53. The molecule has 0 bridgehead atoms. The highest BCUT2D eigenvalue weighted by molar-refractivity contribution is 6.38. The molecule has 0 atom stereocenters. The number of rotatable bonds is 1. The van der Waals surface area contributed by atoms with Gasteiger partial charge in [0.15, 0.2) is 5.82 Å². The van der Waals surface area contributed by atoms with Gasteiger partial charge < -0.3 is 0 Å². The van der Waals surface area contributed by atoms with Crippen LogP contribution in [0.3, 0.4) is 0 Å².